The molecular formula is C86H153NO8P+. The molecule has 0 saturated heterocycles. The van der Waals surface area contributed by atoms with Crippen molar-refractivity contribution < 1.29 is 42.1 Å². The monoisotopic (exact) mass is 1360 g/mol. The Labute approximate surface area is 594 Å². The summed E-state index contributed by atoms with van der Waals surface area (Å²) >= 11 is 0. The second kappa shape index (κ2) is 75.6. The summed E-state index contributed by atoms with van der Waals surface area (Å²) in [6.07, 6.45) is 109. The average molecular weight is 1360 g/mol. The number of hydrogen-bond acceptors (Lipinski definition) is 7. The van der Waals surface area contributed by atoms with Gasteiger partial charge in [0.25, 0.3) is 0 Å². The first kappa shape index (κ1) is 92.4. The predicted molar refractivity (Wildman–Crippen MR) is 418 cm³/mol. The van der Waals surface area contributed by atoms with Gasteiger partial charge >= 0.3 is 19.8 Å². The van der Waals surface area contributed by atoms with Crippen molar-refractivity contribution in [1.29, 1.82) is 0 Å². The Bertz CT molecular complexity index is 2040. The zero-order valence-electron chi connectivity index (χ0n) is 63.3. The normalized spacial score (nSPS) is 13.7. The van der Waals surface area contributed by atoms with Crippen molar-refractivity contribution in [2.45, 2.75) is 367 Å². The van der Waals surface area contributed by atoms with Crippen molar-refractivity contribution in [2.24, 2.45) is 0 Å². The minimum absolute atomic E-state index is 0.0201. The van der Waals surface area contributed by atoms with Crippen LogP contribution in [0.3, 0.4) is 0 Å². The van der Waals surface area contributed by atoms with Crippen LogP contribution in [-0.4, -0.2) is 74.9 Å². The van der Waals surface area contributed by atoms with E-state index in [4.69, 9.17) is 18.5 Å². The first-order valence-electron chi connectivity index (χ1n) is 40.3. The van der Waals surface area contributed by atoms with Gasteiger partial charge in [0.15, 0.2) is 6.10 Å². The molecule has 0 aliphatic heterocycles. The lowest BCUT2D eigenvalue weighted by atomic mass is 10.0. The molecule has 0 aliphatic rings. The van der Waals surface area contributed by atoms with E-state index in [2.05, 4.69) is 135 Å². The van der Waals surface area contributed by atoms with Crippen molar-refractivity contribution >= 4 is 19.8 Å². The lowest BCUT2D eigenvalue weighted by Gasteiger charge is -2.24. The van der Waals surface area contributed by atoms with E-state index >= 15 is 0 Å². The number of quaternary nitrogens is 1. The number of esters is 2. The van der Waals surface area contributed by atoms with Crippen LogP contribution in [0, 0.1) is 0 Å². The fourth-order valence-corrected chi connectivity index (χ4v) is 12.1. The highest BCUT2D eigenvalue weighted by atomic mass is 31.2. The maximum absolute atomic E-state index is 12.9. The molecule has 10 heteroatoms. The first-order chi connectivity index (χ1) is 47.0. The molecule has 554 valence electrons. The molecule has 1 N–H and O–H groups in total. The van der Waals surface area contributed by atoms with Gasteiger partial charge in [0.1, 0.15) is 19.8 Å². The van der Waals surface area contributed by atoms with Crippen molar-refractivity contribution in [3.8, 4) is 0 Å². The van der Waals surface area contributed by atoms with Gasteiger partial charge in [-0.3, -0.25) is 18.6 Å². The maximum Gasteiger partial charge on any atom is 0.472 e. The second-order valence-electron chi connectivity index (χ2n) is 28.1. The lowest BCUT2D eigenvalue weighted by Crippen LogP contribution is -2.37. The van der Waals surface area contributed by atoms with E-state index in [0.29, 0.717) is 17.4 Å². The van der Waals surface area contributed by atoms with Crippen LogP contribution in [0.25, 0.3) is 0 Å². The number of unbranched alkanes of at least 4 members (excludes halogenated alkanes) is 40. The molecule has 2 unspecified atom stereocenters. The standard InChI is InChI=1S/C86H152NO8P/c1-6-8-10-12-14-16-18-20-22-24-26-28-30-32-34-36-38-39-40-41-42-43-44-45-46-47-49-50-52-54-56-58-60-62-64-66-68-70-72-74-76-78-85(88)92-82-84(83-94-96(90,91)93-81-80-87(3,4)5)95-86(89)79-77-75-73-71-69-67-65-63-61-59-57-55-53-51-48-37-35-33-31-29-27-25-23-21-19-17-15-13-11-9-7-2/h9,11,15,17,21,23-24,26-27,29,33,35,48,51,55,57,61,63,67,69,84H,6-8,10,12-14,16,18-20,22,25,28,30-32,34,36-47,49-50,52-54,56,58-60,62,64-66,68,70-83H2,1-5H3/p+1/b11-9-,17-15-,23-21-,26-24-,29-27-,35-33-,51-48-,57-55-,63-61-,69-67-. The first-order valence-corrected chi connectivity index (χ1v) is 41.8. The van der Waals surface area contributed by atoms with Gasteiger partial charge in [-0.25, -0.2) is 4.57 Å². The Kier molecular flexibility index (Phi) is 72.8. The van der Waals surface area contributed by atoms with Crippen molar-refractivity contribution in [3.05, 3.63) is 122 Å². The summed E-state index contributed by atoms with van der Waals surface area (Å²) in [4.78, 5) is 35.9. The van der Waals surface area contributed by atoms with Crippen LogP contribution in [0.4, 0.5) is 0 Å². The molecule has 0 spiro atoms. The van der Waals surface area contributed by atoms with Crippen LogP contribution in [0.2, 0.25) is 0 Å². The van der Waals surface area contributed by atoms with Gasteiger partial charge in [-0.15, -0.1) is 0 Å². The van der Waals surface area contributed by atoms with E-state index in [1.54, 1.807) is 0 Å². The summed E-state index contributed by atoms with van der Waals surface area (Å²) in [5.41, 5.74) is 0. The summed E-state index contributed by atoms with van der Waals surface area (Å²) in [6, 6.07) is 0. The number of ether oxygens (including phenoxy) is 2. The fourth-order valence-electron chi connectivity index (χ4n) is 11.4. The molecule has 0 aromatic rings. The zero-order chi connectivity index (χ0) is 69.7. The summed E-state index contributed by atoms with van der Waals surface area (Å²) < 4.78 is 34.7. The van der Waals surface area contributed by atoms with Crippen molar-refractivity contribution in [2.75, 3.05) is 47.5 Å². The number of rotatable bonds is 74. The quantitative estimate of drug-likeness (QED) is 0.0211. The third-order valence-corrected chi connectivity index (χ3v) is 18.5. The highest BCUT2D eigenvalue weighted by molar-refractivity contribution is 7.47. The molecule has 0 saturated carbocycles. The van der Waals surface area contributed by atoms with Crippen LogP contribution in [-0.2, 0) is 32.7 Å². The molecule has 2 atom stereocenters. The number of likely N-dealkylation sites (N-methyl/N-ethyl adjacent to an activating group) is 1. The Morgan fingerprint density at radius 3 is 0.906 bits per heavy atom. The molecule has 0 rings (SSSR count). The van der Waals surface area contributed by atoms with Crippen LogP contribution in [0.1, 0.15) is 361 Å². The number of carbonyl (C=O) groups is 2. The van der Waals surface area contributed by atoms with E-state index in [9.17, 15) is 19.0 Å². The third kappa shape index (κ3) is 79.4. The van der Waals surface area contributed by atoms with Crippen LogP contribution in [0.5, 0.6) is 0 Å². The number of phosphoric ester groups is 1. The summed E-state index contributed by atoms with van der Waals surface area (Å²) in [5.74, 6) is -0.830. The summed E-state index contributed by atoms with van der Waals surface area (Å²) in [6.45, 7) is 4.31. The highest BCUT2D eigenvalue weighted by Gasteiger charge is 2.27. The zero-order valence-corrected chi connectivity index (χ0v) is 64.2. The Morgan fingerprint density at radius 1 is 0.333 bits per heavy atom. The SMILES string of the molecule is CC/C=C\C/C=C\C/C=C\C/C=C\C/C=C\C/C=C\C/C=C\C/C=C\C/C=C\CCCCCC(=O)OC(COC(=O)CCCCCCCCCCCCCCCCCCCCCCCCCCCCCCC/C=C\CCCCCCCCCC)COP(=O)(O)OCC[N+](C)(C)C. The van der Waals surface area contributed by atoms with E-state index in [1.807, 2.05) is 21.1 Å². The predicted octanol–water partition coefficient (Wildman–Crippen LogP) is 26.9. The van der Waals surface area contributed by atoms with Gasteiger partial charge in [-0.05, 0) is 109 Å². The van der Waals surface area contributed by atoms with Gasteiger partial charge in [0.2, 0.25) is 0 Å². The second-order valence-corrected chi connectivity index (χ2v) is 29.5. The molecule has 0 amide bonds. The van der Waals surface area contributed by atoms with Gasteiger partial charge in [0, 0.05) is 12.8 Å². The third-order valence-electron chi connectivity index (χ3n) is 17.5. The molecule has 0 fully saturated rings. The van der Waals surface area contributed by atoms with Crippen LogP contribution >= 0.6 is 7.82 Å². The molecule has 0 bridgehead atoms. The van der Waals surface area contributed by atoms with E-state index in [1.165, 1.54) is 231 Å². The largest absolute Gasteiger partial charge is 0.472 e. The molecular weight excluding hydrogens is 1210 g/mol. The van der Waals surface area contributed by atoms with Crippen LogP contribution < -0.4 is 0 Å². The van der Waals surface area contributed by atoms with Crippen molar-refractivity contribution in [1.82, 2.24) is 0 Å². The molecule has 0 aromatic carbocycles. The molecule has 0 aliphatic carbocycles. The Balaban J connectivity index is 3.99. The van der Waals surface area contributed by atoms with E-state index in [0.717, 1.165) is 96.3 Å². The number of nitrogens with zero attached hydrogens (tertiary/aromatic N) is 1. The minimum atomic E-state index is -4.41. The number of allylic oxidation sites excluding steroid dienone is 20. The molecule has 0 heterocycles. The van der Waals surface area contributed by atoms with Crippen molar-refractivity contribution in [3.63, 3.8) is 0 Å². The average Bonchev–Trinajstić information content (AvgIpc) is 1.97. The minimum Gasteiger partial charge on any atom is -0.462 e. The maximum atomic E-state index is 12.9. The van der Waals surface area contributed by atoms with Gasteiger partial charge in [0.05, 0.1) is 27.7 Å². The van der Waals surface area contributed by atoms with E-state index in [-0.39, 0.29) is 32.0 Å². The van der Waals surface area contributed by atoms with E-state index < -0.39 is 26.5 Å². The Hall–Kier alpha value is -3.59. The van der Waals surface area contributed by atoms with Crippen LogP contribution in [0.15, 0.2) is 122 Å². The summed E-state index contributed by atoms with van der Waals surface area (Å²) in [5, 5.41) is 0. The van der Waals surface area contributed by atoms with Gasteiger partial charge in [-0.2, -0.15) is 0 Å². The Morgan fingerprint density at radius 2 is 0.594 bits per heavy atom. The lowest BCUT2D eigenvalue weighted by molar-refractivity contribution is -0.870. The number of phosphoric acid groups is 1. The van der Waals surface area contributed by atoms with Gasteiger partial charge in [-0.1, -0.05) is 360 Å². The summed E-state index contributed by atoms with van der Waals surface area (Å²) in [7, 11) is 1.45. The molecule has 0 aromatic heterocycles. The smallest absolute Gasteiger partial charge is 0.462 e. The number of hydrogen-bond donors (Lipinski definition) is 1. The molecule has 9 nitrogen and oxygen atoms in total. The topological polar surface area (TPSA) is 108 Å². The molecule has 96 heavy (non-hydrogen) atoms. The number of carbonyl (C=O) groups excluding carboxylic acids is 2. The molecule has 0 radical (unpaired) electrons. The highest BCUT2D eigenvalue weighted by Crippen LogP contribution is 2.43. The van der Waals surface area contributed by atoms with Gasteiger partial charge < -0.3 is 18.9 Å². The fraction of sp³-hybridized carbons (Fsp3) is 0.744.